The highest BCUT2D eigenvalue weighted by Crippen LogP contribution is 2.50. The van der Waals surface area contributed by atoms with Crippen LogP contribution in [0.2, 0.25) is 0 Å². The molecule has 0 saturated carbocycles. The summed E-state index contributed by atoms with van der Waals surface area (Å²) in [6.45, 7) is 5.23. The number of halogens is 3. The SMILES string of the molecule is COc1c([C@H]2[C@H](C(=O)Nc3ccc(CO)nc3)OC(C)(C)[C@H]2C)ccc(F)c1C(F)F. The van der Waals surface area contributed by atoms with Gasteiger partial charge in [-0.2, -0.15) is 0 Å². The molecule has 1 fully saturated rings. The number of nitrogens with zero attached hydrogens (tertiary/aromatic N) is 1. The number of anilines is 1. The summed E-state index contributed by atoms with van der Waals surface area (Å²) in [4.78, 5) is 17.1. The molecule has 1 aromatic heterocycles. The Morgan fingerprint density at radius 2 is 2.03 bits per heavy atom. The number of aliphatic hydroxyl groups is 1. The molecule has 0 radical (unpaired) electrons. The lowest BCUT2D eigenvalue weighted by atomic mass is 9.77. The molecule has 168 valence electrons. The molecule has 9 heteroatoms. The molecule has 1 aromatic carbocycles. The van der Waals surface area contributed by atoms with Crippen LogP contribution in [0.5, 0.6) is 5.75 Å². The summed E-state index contributed by atoms with van der Waals surface area (Å²) in [6.07, 6.45) is -2.72. The third-order valence-corrected chi connectivity index (χ3v) is 5.86. The normalized spacial score (nSPS) is 22.5. The van der Waals surface area contributed by atoms with Crippen molar-refractivity contribution in [3.05, 3.63) is 53.1 Å². The van der Waals surface area contributed by atoms with E-state index in [-0.39, 0.29) is 23.8 Å². The van der Waals surface area contributed by atoms with Gasteiger partial charge in [0.25, 0.3) is 12.3 Å². The highest BCUT2D eigenvalue weighted by atomic mass is 19.3. The summed E-state index contributed by atoms with van der Waals surface area (Å²) in [6, 6.07) is 5.48. The number of aliphatic hydroxyl groups excluding tert-OH is 1. The summed E-state index contributed by atoms with van der Waals surface area (Å²) in [5, 5.41) is 11.8. The van der Waals surface area contributed by atoms with Crippen LogP contribution in [0, 0.1) is 11.7 Å². The van der Waals surface area contributed by atoms with Gasteiger partial charge in [-0.25, -0.2) is 13.2 Å². The number of pyridine rings is 1. The van der Waals surface area contributed by atoms with Gasteiger partial charge < -0.3 is 19.9 Å². The molecule has 2 N–H and O–H groups in total. The van der Waals surface area contributed by atoms with Crippen LogP contribution in [0.3, 0.4) is 0 Å². The first kappa shape index (κ1) is 23.0. The fraction of sp³-hybridized carbons (Fsp3) is 0.455. The maximum atomic E-state index is 14.1. The van der Waals surface area contributed by atoms with Gasteiger partial charge in [0.2, 0.25) is 0 Å². The number of hydrogen-bond acceptors (Lipinski definition) is 5. The van der Waals surface area contributed by atoms with Crippen molar-refractivity contribution in [2.24, 2.45) is 5.92 Å². The molecule has 2 aromatic rings. The maximum absolute atomic E-state index is 14.1. The van der Waals surface area contributed by atoms with Crippen LogP contribution in [-0.4, -0.2) is 34.8 Å². The number of ether oxygens (including phenoxy) is 2. The number of alkyl halides is 2. The van der Waals surface area contributed by atoms with E-state index in [1.54, 1.807) is 26.0 Å². The summed E-state index contributed by atoms with van der Waals surface area (Å²) >= 11 is 0. The minimum Gasteiger partial charge on any atom is -0.496 e. The predicted octanol–water partition coefficient (Wildman–Crippen LogP) is 4.20. The molecule has 3 atom stereocenters. The predicted molar refractivity (Wildman–Crippen MR) is 108 cm³/mol. The number of amides is 1. The van der Waals surface area contributed by atoms with Crippen molar-refractivity contribution in [2.75, 3.05) is 12.4 Å². The van der Waals surface area contributed by atoms with Crippen LogP contribution < -0.4 is 10.1 Å². The highest BCUT2D eigenvalue weighted by Gasteiger charge is 2.51. The van der Waals surface area contributed by atoms with Crippen molar-refractivity contribution >= 4 is 11.6 Å². The second-order valence-electron chi connectivity index (χ2n) is 8.03. The zero-order chi connectivity index (χ0) is 22.9. The number of hydrogen-bond donors (Lipinski definition) is 2. The first-order valence-corrected chi connectivity index (χ1v) is 9.79. The van der Waals surface area contributed by atoms with Crippen molar-refractivity contribution in [1.29, 1.82) is 0 Å². The van der Waals surface area contributed by atoms with Crippen LogP contribution in [0.15, 0.2) is 30.5 Å². The quantitative estimate of drug-likeness (QED) is 0.707. The average molecular weight is 438 g/mol. The second-order valence-corrected chi connectivity index (χ2v) is 8.03. The molecule has 0 spiro atoms. The van der Waals surface area contributed by atoms with E-state index < -0.39 is 41.3 Å². The molecule has 1 saturated heterocycles. The Hall–Kier alpha value is -2.65. The smallest absolute Gasteiger partial charge is 0.270 e. The minimum atomic E-state index is -3.08. The van der Waals surface area contributed by atoms with Gasteiger partial charge in [-0.1, -0.05) is 13.0 Å². The van der Waals surface area contributed by atoms with E-state index in [9.17, 15) is 18.0 Å². The lowest BCUT2D eigenvalue weighted by Gasteiger charge is -2.26. The first-order valence-electron chi connectivity index (χ1n) is 9.79. The van der Waals surface area contributed by atoms with Crippen LogP contribution in [-0.2, 0) is 16.1 Å². The van der Waals surface area contributed by atoms with Crippen molar-refractivity contribution in [3.63, 3.8) is 0 Å². The van der Waals surface area contributed by atoms with E-state index in [4.69, 9.17) is 14.6 Å². The lowest BCUT2D eigenvalue weighted by molar-refractivity contribution is -0.131. The molecule has 0 bridgehead atoms. The number of nitrogens with one attached hydrogen (secondary N) is 1. The molecule has 6 nitrogen and oxygen atoms in total. The molecule has 2 heterocycles. The Morgan fingerprint density at radius 3 is 2.58 bits per heavy atom. The summed E-state index contributed by atoms with van der Waals surface area (Å²) in [5.74, 6) is -2.78. The fourth-order valence-corrected chi connectivity index (χ4v) is 3.94. The van der Waals surface area contributed by atoms with Crippen molar-refractivity contribution < 1.29 is 32.5 Å². The zero-order valence-corrected chi connectivity index (χ0v) is 17.7. The number of rotatable bonds is 6. The molecule has 0 aliphatic carbocycles. The molecular formula is C22H25F3N2O4. The third-order valence-electron chi connectivity index (χ3n) is 5.86. The molecule has 1 amide bonds. The Morgan fingerprint density at radius 1 is 1.32 bits per heavy atom. The van der Waals surface area contributed by atoms with Gasteiger partial charge in [0.1, 0.15) is 17.7 Å². The molecule has 1 aliphatic heterocycles. The summed E-state index contributed by atoms with van der Waals surface area (Å²) in [7, 11) is 1.19. The van der Waals surface area contributed by atoms with Gasteiger partial charge in [-0.05, 0) is 38.0 Å². The Balaban J connectivity index is 2.00. The number of benzene rings is 1. The zero-order valence-electron chi connectivity index (χ0n) is 17.7. The summed E-state index contributed by atoms with van der Waals surface area (Å²) in [5.41, 5.74) is -0.471. The van der Waals surface area contributed by atoms with Crippen LogP contribution in [0.25, 0.3) is 0 Å². The first-order chi connectivity index (χ1) is 14.6. The molecule has 1 aliphatic rings. The van der Waals surface area contributed by atoms with E-state index in [1.165, 1.54) is 19.4 Å². The molecule has 0 unspecified atom stereocenters. The number of carbonyl (C=O) groups is 1. The van der Waals surface area contributed by atoms with Crippen LogP contribution in [0.1, 0.15) is 49.9 Å². The van der Waals surface area contributed by atoms with Gasteiger partial charge in [0, 0.05) is 11.5 Å². The fourth-order valence-electron chi connectivity index (χ4n) is 3.94. The van der Waals surface area contributed by atoms with E-state index >= 15 is 0 Å². The topological polar surface area (TPSA) is 80.7 Å². The molecular weight excluding hydrogens is 413 g/mol. The number of methoxy groups -OCH3 is 1. The minimum absolute atomic E-state index is 0.232. The van der Waals surface area contributed by atoms with Gasteiger partial charge >= 0.3 is 0 Å². The lowest BCUT2D eigenvalue weighted by Crippen LogP contribution is -2.33. The standard InChI is InChI=1S/C22H25F3N2O4/c1-11-16(14-7-8-15(23)17(20(24)25)18(14)30-4)19(31-22(11,2)3)21(29)27-12-5-6-13(10-28)26-9-12/h5-9,11,16,19-20,28H,10H2,1-4H3,(H,27,29)/t11-,16-,19+/m0/s1. The van der Waals surface area contributed by atoms with Crippen LogP contribution >= 0.6 is 0 Å². The van der Waals surface area contributed by atoms with Crippen LogP contribution in [0.4, 0.5) is 18.9 Å². The number of aromatic nitrogens is 1. The van der Waals surface area contributed by atoms with E-state index in [1.807, 2.05) is 6.92 Å². The van der Waals surface area contributed by atoms with Gasteiger partial charge in [0.15, 0.2) is 0 Å². The van der Waals surface area contributed by atoms with Crippen molar-refractivity contribution in [3.8, 4) is 5.75 Å². The van der Waals surface area contributed by atoms with Gasteiger partial charge in [0.05, 0.1) is 42.5 Å². The van der Waals surface area contributed by atoms with E-state index in [2.05, 4.69) is 10.3 Å². The monoisotopic (exact) mass is 438 g/mol. The number of carbonyl (C=O) groups excluding carboxylic acids is 1. The van der Waals surface area contributed by atoms with E-state index in [0.29, 0.717) is 11.4 Å². The van der Waals surface area contributed by atoms with Crippen molar-refractivity contribution in [2.45, 2.75) is 51.4 Å². The molecule has 3 rings (SSSR count). The van der Waals surface area contributed by atoms with Crippen molar-refractivity contribution in [1.82, 2.24) is 4.98 Å². The Kier molecular flexibility index (Phi) is 6.56. The second kappa shape index (κ2) is 8.84. The maximum Gasteiger partial charge on any atom is 0.270 e. The highest BCUT2D eigenvalue weighted by molar-refractivity contribution is 5.95. The van der Waals surface area contributed by atoms with Gasteiger partial charge in [-0.3, -0.25) is 9.78 Å². The molecule has 31 heavy (non-hydrogen) atoms. The average Bonchev–Trinajstić information content (AvgIpc) is 2.97. The van der Waals surface area contributed by atoms with E-state index in [0.717, 1.165) is 6.07 Å². The Labute approximate surface area is 178 Å². The summed E-state index contributed by atoms with van der Waals surface area (Å²) < 4.78 is 52.4. The Bertz CT molecular complexity index is 951. The largest absolute Gasteiger partial charge is 0.496 e. The third kappa shape index (κ3) is 4.38. The van der Waals surface area contributed by atoms with Gasteiger partial charge in [-0.15, -0.1) is 0 Å².